The molecule has 2 atom stereocenters. The second-order valence-corrected chi connectivity index (χ2v) is 13.3. The van der Waals surface area contributed by atoms with Crippen LogP contribution in [0.15, 0.2) is 36.4 Å². The van der Waals surface area contributed by atoms with Crippen LogP contribution in [0.5, 0.6) is 0 Å². The topological polar surface area (TPSA) is 184 Å². The third-order valence-corrected chi connectivity index (χ3v) is 8.78. The van der Waals surface area contributed by atoms with Crippen LogP contribution < -0.4 is 16.0 Å². The van der Waals surface area contributed by atoms with Gasteiger partial charge in [0.2, 0.25) is 5.91 Å². The first kappa shape index (κ1) is 31.7. The summed E-state index contributed by atoms with van der Waals surface area (Å²) in [6.07, 6.45) is 0.670. The molecule has 3 aliphatic rings. The van der Waals surface area contributed by atoms with E-state index in [1.54, 1.807) is 0 Å². The van der Waals surface area contributed by atoms with Crippen molar-refractivity contribution in [2.45, 2.75) is 43.7 Å². The van der Waals surface area contributed by atoms with E-state index in [2.05, 4.69) is 16.0 Å². The van der Waals surface area contributed by atoms with Gasteiger partial charge in [-0.2, -0.15) is 0 Å². The summed E-state index contributed by atoms with van der Waals surface area (Å²) in [5, 5.41) is 7.57. The monoisotopic (exact) mass is 652 g/mol. The maximum absolute atomic E-state index is 15.3. The number of hydrogen-bond donors (Lipinski definition) is 5. The molecule has 16 heteroatoms. The Balaban J connectivity index is 1.26. The van der Waals surface area contributed by atoms with Crippen molar-refractivity contribution >= 4 is 54.6 Å². The fraction of sp³-hybridized carbons (Fsp3) is 0.429. The summed E-state index contributed by atoms with van der Waals surface area (Å²) in [5.41, 5.74) is -0.630. The van der Waals surface area contributed by atoms with E-state index in [1.165, 1.54) is 41.3 Å². The number of nitrogens with one attached hydrogen (secondary N) is 3. The Labute approximate surface area is 256 Å². The minimum atomic E-state index is -4.30. The van der Waals surface area contributed by atoms with Gasteiger partial charge >= 0.3 is 19.8 Å². The predicted molar refractivity (Wildman–Crippen MR) is 156 cm³/mol. The van der Waals surface area contributed by atoms with Crippen molar-refractivity contribution in [1.82, 2.24) is 10.2 Å². The predicted octanol–water partition coefficient (Wildman–Crippen LogP) is 4.18. The molecular formula is C28H31ClFN4O9P. The minimum absolute atomic E-state index is 0.0873. The highest BCUT2D eigenvalue weighted by atomic mass is 35.5. The molecule has 1 spiro atoms. The van der Waals surface area contributed by atoms with Gasteiger partial charge in [-0.3, -0.25) is 24.8 Å². The Kier molecular flexibility index (Phi) is 9.17. The molecule has 0 unspecified atom stereocenters. The molecule has 236 valence electrons. The molecule has 2 aliphatic heterocycles. The van der Waals surface area contributed by atoms with Crippen LogP contribution in [0.25, 0.3) is 0 Å². The normalized spacial score (nSPS) is 20.2. The molecule has 0 bridgehead atoms. The lowest BCUT2D eigenvalue weighted by atomic mass is 9.82. The molecule has 5 N–H and O–H groups in total. The Morgan fingerprint density at radius 2 is 1.93 bits per heavy atom. The first-order valence-corrected chi connectivity index (χ1v) is 16.2. The second kappa shape index (κ2) is 12.7. The molecular weight excluding hydrogens is 622 g/mol. The molecule has 2 aromatic rings. The fourth-order valence-electron chi connectivity index (χ4n) is 5.45. The number of anilines is 2. The summed E-state index contributed by atoms with van der Waals surface area (Å²) >= 11 is 6.06. The number of rotatable bonds is 9. The number of benzene rings is 2. The molecule has 4 amide bonds. The first-order valence-electron chi connectivity index (χ1n) is 14.0. The zero-order valence-electron chi connectivity index (χ0n) is 23.4. The maximum atomic E-state index is 15.3. The molecule has 0 aromatic heterocycles. The van der Waals surface area contributed by atoms with Gasteiger partial charge in [0.1, 0.15) is 12.6 Å². The van der Waals surface area contributed by atoms with Crippen molar-refractivity contribution in [2.24, 2.45) is 5.92 Å². The van der Waals surface area contributed by atoms with Crippen molar-refractivity contribution in [3.8, 4) is 0 Å². The van der Waals surface area contributed by atoms with Gasteiger partial charge in [-0.15, -0.1) is 0 Å². The highest BCUT2D eigenvalue weighted by Crippen LogP contribution is 2.45. The Hall–Kier alpha value is -3.71. The number of likely N-dealkylation sites (tertiary alicyclic amines) is 1. The molecule has 13 nitrogen and oxygen atoms in total. The van der Waals surface area contributed by atoms with Gasteiger partial charge in [0, 0.05) is 17.8 Å². The number of ether oxygens (including phenoxy) is 2. The van der Waals surface area contributed by atoms with Crippen LogP contribution in [0.3, 0.4) is 0 Å². The lowest BCUT2D eigenvalue weighted by Crippen LogP contribution is -2.57. The fourth-order valence-corrected chi connectivity index (χ4v) is 5.93. The number of amides is 4. The van der Waals surface area contributed by atoms with E-state index in [0.29, 0.717) is 19.4 Å². The molecule has 0 radical (unpaired) electrons. The highest BCUT2D eigenvalue weighted by molar-refractivity contribution is 7.51. The number of nitrogens with zero attached hydrogens (tertiary/aromatic N) is 1. The minimum Gasteiger partial charge on any atom is -0.449 e. The van der Waals surface area contributed by atoms with Gasteiger partial charge in [-0.25, -0.2) is 14.0 Å². The van der Waals surface area contributed by atoms with Crippen LogP contribution in [0, 0.1) is 11.7 Å². The van der Waals surface area contributed by atoms with E-state index in [-0.39, 0.29) is 52.3 Å². The molecule has 2 aromatic carbocycles. The lowest BCUT2D eigenvalue weighted by Gasteiger charge is -2.45. The van der Waals surface area contributed by atoms with Gasteiger partial charge in [0.05, 0.1) is 29.0 Å². The molecule has 5 rings (SSSR count). The van der Waals surface area contributed by atoms with E-state index < -0.39 is 55.9 Å². The molecule has 1 aliphatic carbocycles. The number of carbonyl (C=O) groups excluding carboxylic acids is 4. The van der Waals surface area contributed by atoms with Gasteiger partial charge < -0.3 is 29.5 Å². The van der Waals surface area contributed by atoms with Crippen molar-refractivity contribution in [3.05, 3.63) is 58.4 Å². The number of halogens is 2. The number of carbonyl (C=O) groups is 4. The van der Waals surface area contributed by atoms with Crippen molar-refractivity contribution < 1.29 is 47.4 Å². The van der Waals surface area contributed by atoms with E-state index in [1.807, 2.05) is 0 Å². The summed E-state index contributed by atoms with van der Waals surface area (Å²) in [6, 6.07) is 7.71. The van der Waals surface area contributed by atoms with Gasteiger partial charge in [0.15, 0.2) is 11.4 Å². The van der Waals surface area contributed by atoms with Gasteiger partial charge in [-0.05, 0) is 61.6 Å². The molecule has 44 heavy (non-hydrogen) atoms. The zero-order valence-corrected chi connectivity index (χ0v) is 25.0. The standard InChI is InChI=1S/C28H31ClFN4O9P/c29-19-8-9-20-22(23(19)30)28(43-27(38)33-20)10-1-11-34(15-28)25(36)21(14-16-2-3-16)32-24(35)17-4-6-18(7-5-17)31-26(37)42-12-13-44(39,40)41/h4-9,16,21H,1-3,10-15H2,(H,31,37)(H,32,35)(H,33,38)(H2,39,40,41)/t21-,28-/m0/s1. The number of piperidine rings is 1. The highest BCUT2D eigenvalue weighted by Gasteiger charge is 2.49. The first-order chi connectivity index (χ1) is 20.8. The molecule has 1 saturated carbocycles. The van der Waals surface area contributed by atoms with Crippen molar-refractivity contribution in [3.63, 3.8) is 0 Å². The SMILES string of the molecule is O=C(Nc1ccc(C(=O)N[C@@H](CC2CC2)C(=O)N2CCC[C@@]3(C2)OC(=O)Nc2ccc(Cl)c(F)c23)cc1)OCCP(=O)(O)O. The molecule has 1 saturated heterocycles. The average molecular weight is 653 g/mol. The Morgan fingerprint density at radius 3 is 2.61 bits per heavy atom. The average Bonchev–Trinajstić information content (AvgIpc) is 3.78. The van der Waals surface area contributed by atoms with Gasteiger partial charge in [-0.1, -0.05) is 24.4 Å². The van der Waals surface area contributed by atoms with Crippen LogP contribution in [-0.4, -0.2) is 70.6 Å². The third-order valence-electron chi connectivity index (χ3n) is 7.72. The number of hydrogen-bond acceptors (Lipinski definition) is 7. The Bertz CT molecular complexity index is 1520. The Morgan fingerprint density at radius 1 is 1.20 bits per heavy atom. The molecule has 2 fully saturated rings. The largest absolute Gasteiger partial charge is 0.449 e. The maximum Gasteiger partial charge on any atom is 0.412 e. The summed E-state index contributed by atoms with van der Waals surface area (Å²) in [4.78, 5) is 70.5. The molecule has 2 heterocycles. The van der Waals surface area contributed by atoms with Crippen LogP contribution in [0.4, 0.5) is 25.4 Å². The third kappa shape index (κ3) is 7.49. The second-order valence-electron chi connectivity index (χ2n) is 11.1. The van der Waals surface area contributed by atoms with Crippen LogP contribution in [0.1, 0.15) is 48.0 Å². The van der Waals surface area contributed by atoms with Crippen LogP contribution >= 0.6 is 19.2 Å². The van der Waals surface area contributed by atoms with Crippen molar-refractivity contribution in [2.75, 3.05) is 36.5 Å². The van der Waals surface area contributed by atoms with Crippen LogP contribution in [-0.2, 0) is 24.4 Å². The van der Waals surface area contributed by atoms with E-state index >= 15 is 4.39 Å². The summed E-state index contributed by atoms with van der Waals surface area (Å²) < 4.78 is 36.5. The smallest absolute Gasteiger partial charge is 0.412 e. The van der Waals surface area contributed by atoms with E-state index in [4.69, 9.17) is 30.9 Å². The van der Waals surface area contributed by atoms with E-state index in [0.717, 1.165) is 12.8 Å². The van der Waals surface area contributed by atoms with Crippen molar-refractivity contribution in [1.29, 1.82) is 0 Å². The quantitative estimate of drug-likeness (QED) is 0.248. The van der Waals surface area contributed by atoms with Crippen LogP contribution in [0.2, 0.25) is 5.02 Å². The number of fused-ring (bicyclic) bond motifs is 2. The summed E-state index contributed by atoms with van der Waals surface area (Å²) in [6.45, 7) is -0.254. The lowest BCUT2D eigenvalue weighted by molar-refractivity contribution is -0.141. The zero-order chi connectivity index (χ0) is 31.6. The van der Waals surface area contributed by atoms with E-state index in [9.17, 15) is 23.7 Å². The summed E-state index contributed by atoms with van der Waals surface area (Å²) in [7, 11) is -4.30. The summed E-state index contributed by atoms with van der Waals surface area (Å²) in [5.74, 6) is -1.37. The van der Waals surface area contributed by atoms with Gasteiger partial charge in [0.25, 0.3) is 5.91 Å².